The van der Waals surface area contributed by atoms with E-state index < -0.39 is 10.8 Å². The summed E-state index contributed by atoms with van der Waals surface area (Å²) in [7, 11) is 1.48. The maximum atomic E-state index is 12.0. The lowest BCUT2D eigenvalue weighted by molar-refractivity contribution is -0.385. The third kappa shape index (κ3) is 2.89. The lowest BCUT2D eigenvalue weighted by atomic mass is 10.3. The van der Waals surface area contributed by atoms with Crippen LogP contribution < -0.4 is 5.32 Å². The smallest absolute Gasteiger partial charge is 0.320 e. The molecule has 98 valence electrons. The molecule has 8 heteroatoms. The molecule has 1 heterocycles. The molecule has 0 bridgehead atoms. The van der Waals surface area contributed by atoms with E-state index in [9.17, 15) is 14.9 Å². The largest absolute Gasteiger partial charge is 0.320 e. The van der Waals surface area contributed by atoms with Crippen molar-refractivity contribution in [2.45, 2.75) is 0 Å². The van der Waals surface area contributed by atoms with Crippen LogP contribution in [0.15, 0.2) is 30.5 Å². The maximum absolute atomic E-state index is 12.0. The predicted octanol–water partition coefficient (Wildman–Crippen LogP) is 2.19. The van der Waals surface area contributed by atoms with Gasteiger partial charge in [0.05, 0.1) is 4.92 Å². The predicted molar refractivity (Wildman–Crippen MR) is 77.0 cm³/mol. The number of rotatable bonds is 3. The van der Waals surface area contributed by atoms with Gasteiger partial charge in [-0.2, -0.15) is 5.10 Å². The van der Waals surface area contributed by atoms with E-state index in [1.54, 1.807) is 12.1 Å². The first-order chi connectivity index (χ1) is 8.99. The fourth-order valence-corrected chi connectivity index (χ4v) is 1.91. The highest BCUT2D eigenvalue weighted by Gasteiger charge is 2.25. The Labute approximate surface area is 121 Å². The van der Waals surface area contributed by atoms with Crippen molar-refractivity contribution in [3.63, 3.8) is 0 Å². The minimum Gasteiger partial charge on any atom is -0.320 e. The first-order valence-corrected chi connectivity index (χ1v) is 6.30. The lowest BCUT2D eigenvalue weighted by Crippen LogP contribution is -2.17. The molecule has 1 aromatic carbocycles. The number of hydrogen-bond donors (Lipinski definition) is 1. The minimum atomic E-state index is -0.629. The van der Waals surface area contributed by atoms with Gasteiger partial charge in [0.15, 0.2) is 0 Å². The number of nitro groups is 1. The van der Waals surface area contributed by atoms with Gasteiger partial charge in [0.25, 0.3) is 5.91 Å². The third-order valence-electron chi connectivity index (χ3n) is 2.43. The van der Waals surface area contributed by atoms with Gasteiger partial charge in [-0.3, -0.25) is 19.6 Å². The SMILES string of the molecule is Cn1ncc([N+](=O)[O-])c1C(=O)Nc1ccc(I)cc1. The van der Waals surface area contributed by atoms with Gasteiger partial charge in [-0.05, 0) is 46.9 Å². The Morgan fingerprint density at radius 2 is 2.05 bits per heavy atom. The van der Waals surface area contributed by atoms with E-state index in [4.69, 9.17) is 0 Å². The third-order valence-corrected chi connectivity index (χ3v) is 3.15. The van der Waals surface area contributed by atoms with Crippen molar-refractivity contribution in [2.24, 2.45) is 7.05 Å². The van der Waals surface area contributed by atoms with E-state index in [1.165, 1.54) is 11.7 Å². The van der Waals surface area contributed by atoms with Crippen molar-refractivity contribution >= 4 is 39.9 Å². The van der Waals surface area contributed by atoms with Gasteiger partial charge in [0, 0.05) is 16.3 Å². The summed E-state index contributed by atoms with van der Waals surface area (Å²) in [6.07, 6.45) is 1.06. The second-order valence-corrected chi connectivity index (χ2v) is 4.97. The average Bonchev–Trinajstić information content (AvgIpc) is 2.74. The van der Waals surface area contributed by atoms with Crippen molar-refractivity contribution in [3.05, 3.63) is 49.8 Å². The van der Waals surface area contributed by atoms with Crippen LogP contribution in [-0.2, 0) is 7.05 Å². The number of benzene rings is 1. The summed E-state index contributed by atoms with van der Waals surface area (Å²) in [6, 6.07) is 7.10. The molecule has 0 unspecified atom stereocenters. The number of aromatic nitrogens is 2. The van der Waals surface area contributed by atoms with Gasteiger partial charge in [0.1, 0.15) is 6.20 Å². The Hall–Kier alpha value is -1.97. The van der Waals surface area contributed by atoms with Crippen molar-refractivity contribution in [2.75, 3.05) is 5.32 Å². The number of amides is 1. The second kappa shape index (κ2) is 5.34. The summed E-state index contributed by atoms with van der Waals surface area (Å²) < 4.78 is 2.21. The molecule has 0 aliphatic rings. The zero-order valence-electron chi connectivity index (χ0n) is 9.83. The number of halogens is 1. The van der Waals surface area contributed by atoms with E-state index in [2.05, 4.69) is 33.0 Å². The van der Waals surface area contributed by atoms with Crippen LogP contribution in [0.5, 0.6) is 0 Å². The van der Waals surface area contributed by atoms with Crippen molar-refractivity contribution < 1.29 is 9.72 Å². The molecule has 1 aromatic heterocycles. The van der Waals surface area contributed by atoms with Gasteiger partial charge in [-0.1, -0.05) is 0 Å². The average molecular weight is 372 g/mol. The molecule has 0 saturated heterocycles. The summed E-state index contributed by atoms with van der Waals surface area (Å²) in [5.74, 6) is -0.562. The number of anilines is 1. The highest BCUT2D eigenvalue weighted by atomic mass is 127. The van der Waals surface area contributed by atoms with Gasteiger partial charge >= 0.3 is 5.69 Å². The zero-order chi connectivity index (χ0) is 14.0. The molecule has 0 atom stereocenters. The Morgan fingerprint density at radius 1 is 1.42 bits per heavy atom. The summed E-state index contributed by atoms with van der Waals surface area (Å²) in [5, 5.41) is 17.1. The van der Waals surface area contributed by atoms with Crippen LogP contribution in [0.2, 0.25) is 0 Å². The Balaban J connectivity index is 2.27. The topological polar surface area (TPSA) is 90.1 Å². The number of carbonyl (C=O) groups excluding carboxylic acids is 1. The standard InChI is InChI=1S/C11H9IN4O3/c1-15-10(9(6-13-15)16(18)19)11(17)14-8-4-2-7(12)3-5-8/h2-6H,1H3,(H,14,17). The molecule has 0 aliphatic heterocycles. The fraction of sp³-hybridized carbons (Fsp3) is 0.0909. The number of aryl methyl sites for hydroxylation is 1. The molecule has 2 rings (SSSR count). The number of nitrogens with zero attached hydrogens (tertiary/aromatic N) is 3. The second-order valence-electron chi connectivity index (χ2n) is 3.72. The van der Waals surface area contributed by atoms with Gasteiger partial charge < -0.3 is 5.32 Å². The van der Waals surface area contributed by atoms with Crippen molar-refractivity contribution in [3.8, 4) is 0 Å². The Kier molecular flexibility index (Phi) is 3.79. The highest BCUT2D eigenvalue weighted by Crippen LogP contribution is 2.19. The van der Waals surface area contributed by atoms with Gasteiger partial charge in [0.2, 0.25) is 5.69 Å². The summed E-state index contributed by atoms with van der Waals surface area (Å²) in [5.41, 5.74) is 0.176. The van der Waals surface area contributed by atoms with Crippen LogP contribution in [0.3, 0.4) is 0 Å². The summed E-state index contributed by atoms with van der Waals surface area (Å²) in [6.45, 7) is 0. The zero-order valence-corrected chi connectivity index (χ0v) is 12.0. The van der Waals surface area contributed by atoms with Gasteiger partial charge in [-0.15, -0.1) is 0 Å². The number of nitrogens with one attached hydrogen (secondary N) is 1. The molecule has 0 saturated carbocycles. The number of carbonyl (C=O) groups is 1. The number of hydrogen-bond acceptors (Lipinski definition) is 4. The van der Waals surface area contributed by atoms with E-state index in [1.807, 2.05) is 12.1 Å². The molecule has 0 fully saturated rings. The highest BCUT2D eigenvalue weighted by molar-refractivity contribution is 14.1. The lowest BCUT2D eigenvalue weighted by Gasteiger charge is -2.05. The molecule has 0 spiro atoms. The van der Waals surface area contributed by atoms with Crippen LogP contribution in [0.25, 0.3) is 0 Å². The molecule has 2 aromatic rings. The van der Waals surface area contributed by atoms with Gasteiger partial charge in [-0.25, -0.2) is 0 Å². The van der Waals surface area contributed by atoms with Crippen LogP contribution in [0, 0.1) is 13.7 Å². The molecule has 19 heavy (non-hydrogen) atoms. The quantitative estimate of drug-likeness (QED) is 0.508. The van der Waals surface area contributed by atoms with E-state index in [-0.39, 0.29) is 11.4 Å². The molecular formula is C11H9IN4O3. The molecular weight excluding hydrogens is 363 g/mol. The molecule has 0 radical (unpaired) electrons. The Bertz CT molecular complexity index is 636. The first-order valence-electron chi connectivity index (χ1n) is 5.22. The van der Waals surface area contributed by atoms with Crippen molar-refractivity contribution in [1.82, 2.24) is 9.78 Å². The van der Waals surface area contributed by atoms with E-state index in [0.717, 1.165) is 9.77 Å². The molecule has 1 N–H and O–H groups in total. The Morgan fingerprint density at radius 3 is 2.63 bits per heavy atom. The maximum Gasteiger partial charge on any atom is 0.320 e. The molecule has 1 amide bonds. The normalized spacial score (nSPS) is 10.2. The molecule has 0 aliphatic carbocycles. The van der Waals surface area contributed by atoms with Crippen LogP contribution in [0.1, 0.15) is 10.5 Å². The minimum absolute atomic E-state index is 0.0800. The van der Waals surface area contributed by atoms with Crippen LogP contribution in [0.4, 0.5) is 11.4 Å². The van der Waals surface area contributed by atoms with E-state index in [0.29, 0.717) is 5.69 Å². The van der Waals surface area contributed by atoms with Crippen LogP contribution in [-0.4, -0.2) is 20.6 Å². The monoisotopic (exact) mass is 372 g/mol. The van der Waals surface area contributed by atoms with Crippen LogP contribution >= 0.6 is 22.6 Å². The summed E-state index contributed by atoms with van der Waals surface area (Å²) in [4.78, 5) is 22.2. The van der Waals surface area contributed by atoms with E-state index >= 15 is 0 Å². The summed E-state index contributed by atoms with van der Waals surface area (Å²) >= 11 is 2.14. The first kappa shape index (κ1) is 13.5. The fourth-order valence-electron chi connectivity index (χ4n) is 1.55. The van der Waals surface area contributed by atoms with Crippen molar-refractivity contribution in [1.29, 1.82) is 0 Å². The molecule has 7 nitrogen and oxygen atoms in total.